The fourth-order valence-corrected chi connectivity index (χ4v) is 5.18. The summed E-state index contributed by atoms with van der Waals surface area (Å²) < 4.78 is 22.0. The molecule has 1 atom stereocenters. The van der Waals surface area contributed by atoms with Crippen molar-refractivity contribution in [3.8, 4) is 17.2 Å². The molecule has 1 aliphatic rings. The lowest BCUT2D eigenvalue weighted by Gasteiger charge is -2.37. The maximum Gasteiger partial charge on any atom is 0.336 e. The van der Waals surface area contributed by atoms with E-state index in [4.69, 9.17) is 18.6 Å². The molecule has 0 spiro atoms. The standard InChI is InChI=1S/C26H23NO6S/c1-30-21-12-17-9-10-27(26(23-4-3-11-34-23)19(17)14-22(21)31-2)24(28)15-32-18-7-5-16-6-8-25(29)33-20(16)13-18/h3-8,11-14,26H,9-10,15H2,1-2H3. The first kappa shape index (κ1) is 22.0. The average molecular weight is 478 g/mol. The van der Waals surface area contributed by atoms with Crippen LogP contribution in [0.1, 0.15) is 22.0 Å². The van der Waals surface area contributed by atoms with Crippen molar-refractivity contribution < 1.29 is 23.4 Å². The number of hydrogen-bond donors (Lipinski definition) is 0. The van der Waals surface area contributed by atoms with Crippen LogP contribution in [0.3, 0.4) is 0 Å². The van der Waals surface area contributed by atoms with Crippen LogP contribution in [0.4, 0.5) is 0 Å². The number of carbonyl (C=O) groups excluding carboxylic acids is 1. The molecule has 174 valence electrons. The molecule has 0 saturated heterocycles. The molecule has 1 amide bonds. The fraction of sp³-hybridized carbons (Fsp3) is 0.231. The number of benzene rings is 2. The van der Waals surface area contributed by atoms with Crippen LogP contribution in [0.15, 0.2) is 69.2 Å². The first-order valence-corrected chi connectivity index (χ1v) is 11.7. The van der Waals surface area contributed by atoms with Crippen LogP contribution in [0.2, 0.25) is 0 Å². The number of rotatable bonds is 6. The van der Waals surface area contributed by atoms with E-state index in [1.165, 1.54) is 6.07 Å². The summed E-state index contributed by atoms with van der Waals surface area (Å²) in [6.45, 7) is 0.424. The van der Waals surface area contributed by atoms with Gasteiger partial charge < -0.3 is 23.5 Å². The minimum Gasteiger partial charge on any atom is -0.493 e. The lowest BCUT2D eigenvalue weighted by atomic mass is 9.90. The number of ether oxygens (including phenoxy) is 3. The van der Waals surface area contributed by atoms with Crippen molar-refractivity contribution in [1.82, 2.24) is 4.90 Å². The Balaban J connectivity index is 1.42. The summed E-state index contributed by atoms with van der Waals surface area (Å²) >= 11 is 1.61. The van der Waals surface area contributed by atoms with Crippen LogP contribution < -0.4 is 19.8 Å². The van der Waals surface area contributed by atoms with E-state index in [0.717, 1.165) is 21.4 Å². The molecule has 4 aromatic rings. The number of fused-ring (bicyclic) bond motifs is 2. The highest BCUT2D eigenvalue weighted by atomic mass is 32.1. The Bertz CT molecular complexity index is 1390. The minimum atomic E-state index is -0.432. The second kappa shape index (κ2) is 9.23. The second-order valence-electron chi connectivity index (χ2n) is 7.90. The number of methoxy groups -OCH3 is 2. The summed E-state index contributed by atoms with van der Waals surface area (Å²) in [5, 5.41) is 2.79. The van der Waals surface area contributed by atoms with E-state index in [0.29, 0.717) is 35.8 Å². The van der Waals surface area contributed by atoms with Crippen LogP contribution in [0.5, 0.6) is 17.2 Å². The van der Waals surface area contributed by atoms with Crippen LogP contribution in [-0.4, -0.2) is 38.2 Å². The molecule has 0 fully saturated rings. The molecule has 0 radical (unpaired) electrons. The van der Waals surface area contributed by atoms with E-state index < -0.39 is 5.63 Å². The first-order valence-electron chi connectivity index (χ1n) is 10.8. The monoisotopic (exact) mass is 477 g/mol. The predicted molar refractivity (Wildman–Crippen MR) is 129 cm³/mol. The van der Waals surface area contributed by atoms with Crippen molar-refractivity contribution in [2.45, 2.75) is 12.5 Å². The molecule has 34 heavy (non-hydrogen) atoms. The van der Waals surface area contributed by atoms with Gasteiger partial charge >= 0.3 is 5.63 Å². The summed E-state index contributed by atoms with van der Waals surface area (Å²) in [5.41, 5.74) is 2.14. The summed E-state index contributed by atoms with van der Waals surface area (Å²) in [6.07, 6.45) is 0.699. The van der Waals surface area contributed by atoms with Gasteiger partial charge in [0.15, 0.2) is 18.1 Å². The van der Waals surface area contributed by atoms with Gasteiger partial charge in [0.25, 0.3) is 5.91 Å². The Morgan fingerprint density at radius 1 is 1.09 bits per heavy atom. The zero-order valence-electron chi connectivity index (χ0n) is 18.8. The van der Waals surface area contributed by atoms with Gasteiger partial charge in [0.2, 0.25) is 0 Å². The van der Waals surface area contributed by atoms with Gasteiger partial charge in [-0.3, -0.25) is 4.79 Å². The van der Waals surface area contributed by atoms with E-state index in [1.807, 2.05) is 34.5 Å². The average Bonchev–Trinajstić information content (AvgIpc) is 3.40. The molecule has 8 heteroatoms. The Hall–Kier alpha value is -3.78. The zero-order valence-corrected chi connectivity index (χ0v) is 19.6. The normalized spacial score (nSPS) is 15.1. The largest absolute Gasteiger partial charge is 0.493 e. The van der Waals surface area contributed by atoms with Crippen LogP contribution >= 0.6 is 11.3 Å². The third kappa shape index (κ3) is 4.12. The van der Waals surface area contributed by atoms with Crippen molar-refractivity contribution >= 4 is 28.2 Å². The molecule has 0 saturated carbocycles. The lowest BCUT2D eigenvalue weighted by molar-refractivity contribution is -0.135. The van der Waals surface area contributed by atoms with E-state index in [-0.39, 0.29) is 18.6 Å². The zero-order chi connectivity index (χ0) is 23.7. The molecule has 1 unspecified atom stereocenters. The topological polar surface area (TPSA) is 78.2 Å². The Morgan fingerprint density at radius 3 is 2.65 bits per heavy atom. The fourth-order valence-electron chi connectivity index (χ4n) is 4.33. The molecule has 2 aromatic carbocycles. The third-order valence-corrected chi connectivity index (χ3v) is 6.89. The van der Waals surface area contributed by atoms with Crippen molar-refractivity contribution in [2.75, 3.05) is 27.4 Å². The Morgan fingerprint density at radius 2 is 1.88 bits per heavy atom. The van der Waals surface area contributed by atoms with E-state index in [2.05, 4.69) is 0 Å². The summed E-state index contributed by atoms with van der Waals surface area (Å²) in [5.74, 6) is 1.64. The third-order valence-electron chi connectivity index (χ3n) is 5.96. The molecular formula is C26H23NO6S. The lowest BCUT2D eigenvalue weighted by Crippen LogP contribution is -2.42. The number of carbonyl (C=O) groups is 1. The Kier molecular flexibility index (Phi) is 5.98. The molecule has 1 aliphatic heterocycles. The molecule has 5 rings (SSSR count). The van der Waals surface area contributed by atoms with Crippen molar-refractivity contribution in [3.05, 3.63) is 86.4 Å². The highest BCUT2D eigenvalue weighted by Gasteiger charge is 2.34. The van der Waals surface area contributed by atoms with Crippen LogP contribution in [0.25, 0.3) is 11.0 Å². The predicted octanol–water partition coefficient (Wildman–Crippen LogP) is 4.42. The quantitative estimate of drug-likeness (QED) is 0.383. The summed E-state index contributed by atoms with van der Waals surface area (Å²) in [6, 6.07) is 16.0. The summed E-state index contributed by atoms with van der Waals surface area (Å²) in [7, 11) is 3.23. The number of thiophene rings is 1. The smallest absolute Gasteiger partial charge is 0.336 e. The van der Waals surface area contributed by atoms with E-state index in [9.17, 15) is 9.59 Å². The summed E-state index contributed by atoms with van der Waals surface area (Å²) in [4.78, 5) is 27.8. The number of nitrogens with zero attached hydrogens (tertiary/aromatic N) is 1. The Labute approximate surface area is 200 Å². The van der Waals surface area contributed by atoms with Crippen molar-refractivity contribution in [3.63, 3.8) is 0 Å². The highest BCUT2D eigenvalue weighted by Crippen LogP contribution is 2.42. The molecule has 0 N–H and O–H groups in total. The van der Waals surface area contributed by atoms with Gasteiger partial charge in [-0.05, 0) is 59.3 Å². The minimum absolute atomic E-state index is 0.131. The molecule has 0 bridgehead atoms. The van der Waals surface area contributed by atoms with Gasteiger partial charge in [-0.2, -0.15) is 0 Å². The van der Waals surface area contributed by atoms with Gasteiger partial charge in [0, 0.05) is 28.9 Å². The van der Waals surface area contributed by atoms with Gasteiger partial charge in [0.05, 0.1) is 20.3 Å². The van der Waals surface area contributed by atoms with E-state index in [1.54, 1.807) is 49.8 Å². The van der Waals surface area contributed by atoms with Crippen LogP contribution in [-0.2, 0) is 11.2 Å². The first-order chi connectivity index (χ1) is 16.6. The van der Waals surface area contributed by atoms with Crippen molar-refractivity contribution in [1.29, 1.82) is 0 Å². The molecule has 7 nitrogen and oxygen atoms in total. The highest BCUT2D eigenvalue weighted by molar-refractivity contribution is 7.10. The van der Waals surface area contributed by atoms with Gasteiger partial charge in [-0.15, -0.1) is 11.3 Å². The van der Waals surface area contributed by atoms with Gasteiger partial charge in [-0.1, -0.05) is 6.07 Å². The number of amides is 1. The molecule has 0 aliphatic carbocycles. The van der Waals surface area contributed by atoms with Gasteiger partial charge in [-0.25, -0.2) is 4.79 Å². The van der Waals surface area contributed by atoms with Crippen molar-refractivity contribution in [2.24, 2.45) is 0 Å². The second-order valence-corrected chi connectivity index (χ2v) is 8.88. The number of hydrogen-bond acceptors (Lipinski definition) is 7. The van der Waals surface area contributed by atoms with Gasteiger partial charge in [0.1, 0.15) is 11.3 Å². The maximum absolute atomic E-state index is 13.4. The van der Waals surface area contributed by atoms with E-state index >= 15 is 0 Å². The molecule has 3 heterocycles. The SMILES string of the molecule is COc1cc2c(cc1OC)C(c1cccs1)N(C(=O)COc1ccc3ccc(=O)oc3c1)CC2. The van der Waals surface area contributed by atoms with Crippen LogP contribution in [0, 0.1) is 0 Å². The molecule has 2 aromatic heterocycles. The molecular weight excluding hydrogens is 454 g/mol. The maximum atomic E-state index is 13.4.